The Labute approximate surface area is 120 Å². The molecule has 0 spiro atoms. The topological polar surface area (TPSA) is 42.0 Å². The smallest absolute Gasteiger partial charge is 0.224 e. The number of pyridine rings is 1. The highest BCUT2D eigenvalue weighted by Crippen LogP contribution is 2.27. The van der Waals surface area contributed by atoms with E-state index in [1.165, 1.54) is 32.1 Å². The number of rotatable bonds is 3. The first-order valence-corrected chi connectivity index (χ1v) is 7.43. The number of nitrogens with zero attached hydrogens (tertiary/aromatic N) is 1. The molecule has 1 aromatic heterocycles. The fourth-order valence-corrected chi connectivity index (χ4v) is 2.81. The van der Waals surface area contributed by atoms with Gasteiger partial charge in [0.2, 0.25) is 5.91 Å². The molecule has 1 aromatic rings. The van der Waals surface area contributed by atoms with E-state index in [1.54, 1.807) is 12.3 Å². The number of nitrogens with one attached hydrogen (secondary N) is 1. The number of carbonyl (C=O) groups is 1. The first-order chi connectivity index (χ1) is 8.65. The summed E-state index contributed by atoms with van der Waals surface area (Å²) in [6, 6.07) is 1.77. The number of aromatic nitrogens is 1. The van der Waals surface area contributed by atoms with Crippen molar-refractivity contribution in [2.24, 2.45) is 5.92 Å². The van der Waals surface area contributed by atoms with E-state index < -0.39 is 0 Å². The lowest BCUT2D eigenvalue weighted by atomic mass is 9.87. The van der Waals surface area contributed by atoms with Crippen LogP contribution in [0.5, 0.6) is 0 Å². The molecule has 0 atom stereocenters. The minimum atomic E-state index is 0.0675. The zero-order valence-electron chi connectivity index (χ0n) is 10.1. The Hall–Kier alpha value is -0.610. The number of anilines is 1. The number of amides is 1. The molecule has 3 nitrogen and oxygen atoms in total. The van der Waals surface area contributed by atoms with Gasteiger partial charge in [0.05, 0.1) is 16.4 Å². The van der Waals surface area contributed by atoms with Crippen LogP contribution in [0.2, 0.25) is 5.15 Å². The monoisotopic (exact) mass is 330 g/mol. The van der Waals surface area contributed by atoms with Crippen molar-refractivity contribution in [3.63, 3.8) is 0 Å². The van der Waals surface area contributed by atoms with Crippen LogP contribution in [0, 0.1) is 5.92 Å². The summed E-state index contributed by atoms with van der Waals surface area (Å²) < 4.78 is 0.694. The van der Waals surface area contributed by atoms with E-state index in [2.05, 4.69) is 26.2 Å². The minimum Gasteiger partial charge on any atom is -0.325 e. The van der Waals surface area contributed by atoms with Gasteiger partial charge in [-0.2, -0.15) is 0 Å². The highest BCUT2D eigenvalue weighted by Gasteiger charge is 2.17. The van der Waals surface area contributed by atoms with Gasteiger partial charge in [-0.15, -0.1) is 0 Å². The predicted molar refractivity (Wildman–Crippen MR) is 76.8 cm³/mol. The van der Waals surface area contributed by atoms with Crippen molar-refractivity contribution in [1.82, 2.24) is 4.98 Å². The molecule has 0 radical (unpaired) electrons. The fourth-order valence-electron chi connectivity index (χ4n) is 2.36. The quantitative estimate of drug-likeness (QED) is 0.834. The molecule has 1 fully saturated rings. The molecule has 0 bridgehead atoms. The Morgan fingerprint density at radius 2 is 2.17 bits per heavy atom. The van der Waals surface area contributed by atoms with Crippen molar-refractivity contribution in [1.29, 1.82) is 0 Å². The molecule has 0 aromatic carbocycles. The maximum absolute atomic E-state index is 11.9. The Kier molecular flexibility index (Phi) is 5.01. The number of halogens is 2. The first kappa shape index (κ1) is 13.8. The van der Waals surface area contributed by atoms with Crippen LogP contribution in [-0.4, -0.2) is 10.9 Å². The average molecular weight is 332 g/mol. The molecule has 5 heteroatoms. The SMILES string of the molecule is O=C(CC1CCCCC1)Nc1cnc(Cl)c(Br)c1. The molecule has 1 aliphatic carbocycles. The molecular formula is C13H16BrClN2O. The van der Waals surface area contributed by atoms with Gasteiger partial charge in [-0.3, -0.25) is 4.79 Å². The second kappa shape index (κ2) is 6.53. The first-order valence-electron chi connectivity index (χ1n) is 6.26. The largest absolute Gasteiger partial charge is 0.325 e. The van der Waals surface area contributed by atoms with Gasteiger partial charge >= 0.3 is 0 Å². The van der Waals surface area contributed by atoms with Crippen molar-refractivity contribution in [2.75, 3.05) is 5.32 Å². The zero-order valence-corrected chi connectivity index (χ0v) is 12.4. The molecule has 1 N–H and O–H groups in total. The van der Waals surface area contributed by atoms with Crippen LogP contribution in [0.1, 0.15) is 38.5 Å². The fraction of sp³-hybridized carbons (Fsp3) is 0.538. The molecule has 18 heavy (non-hydrogen) atoms. The third-order valence-corrected chi connectivity index (χ3v) is 4.41. The maximum atomic E-state index is 11.9. The van der Waals surface area contributed by atoms with E-state index in [0.717, 1.165) is 0 Å². The molecule has 1 aliphatic rings. The van der Waals surface area contributed by atoms with Crippen LogP contribution in [0.25, 0.3) is 0 Å². The van der Waals surface area contributed by atoms with Gasteiger partial charge in [-0.25, -0.2) is 4.98 Å². The number of hydrogen-bond acceptors (Lipinski definition) is 2. The highest BCUT2D eigenvalue weighted by molar-refractivity contribution is 9.10. The van der Waals surface area contributed by atoms with E-state index in [1.807, 2.05) is 0 Å². The normalized spacial score (nSPS) is 16.6. The van der Waals surface area contributed by atoms with E-state index in [-0.39, 0.29) is 5.91 Å². The van der Waals surface area contributed by atoms with Crippen LogP contribution in [0.3, 0.4) is 0 Å². The molecule has 0 saturated heterocycles. The van der Waals surface area contributed by atoms with Crippen LogP contribution in [0.4, 0.5) is 5.69 Å². The third kappa shape index (κ3) is 3.95. The van der Waals surface area contributed by atoms with E-state index in [9.17, 15) is 4.79 Å². The molecule has 2 rings (SSSR count). The standard InChI is InChI=1S/C13H16BrClN2O/c14-11-7-10(8-16-13(11)15)17-12(18)6-9-4-2-1-3-5-9/h7-9H,1-6H2,(H,17,18). The summed E-state index contributed by atoms with van der Waals surface area (Å²) in [4.78, 5) is 15.9. The van der Waals surface area contributed by atoms with E-state index in [0.29, 0.717) is 27.7 Å². The van der Waals surface area contributed by atoms with Crippen molar-refractivity contribution >= 4 is 39.1 Å². The number of hydrogen-bond donors (Lipinski definition) is 1. The molecule has 0 unspecified atom stereocenters. The van der Waals surface area contributed by atoms with Crippen molar-refractivity contribution in [3.05, 3.63) is 21.9 Å². The van der Waals surface area contributed by atoms with Gasteiger partial charge < -0.3 is 5.32 Å². The van der Waals surface area contributed by atoms with Crippen LogP contribution < -0.4 is 5.32 Å². The second-order valence-electron chi connectivity index (χ2n) is 4.75. The van der Waals surface area contributed by atoms with E-state index >= 15 is 0 Å². The van der Waals surface area contributed by atoms with Crippen molar-refractivity contribution in [3.8, 4) is 0 Å². The molecule has 1 amide bonds. The maximum Gasteiger partial charge on any atom is 0.224 e. The minimum absolute atomic E-state index is 0.0675. The van der Waals surface area contributed by atoms with Gasteiger partial charge in [-0.05, 0) is 40.8 Å². The average Bonchev–Trinajstić information content (AvgIpc) is 2.35. The van der Waals surface area contributed by atoms with Crippen LogP contribution in [0.15, 0.2) is 16.7 Å². The molecule has 0 aliphatic heterocycles. The summed E-state index contributed by atoms with van der Waals surface area (Å²) in [6.07, 6.45) is 8.36. The predicted octanol–water partition coefficient (Wildman–Crippen LogP) is 4.41. The zero-order chi connectivity index (χ0) is 13.0. The Morgan fingerprint density at radius 3 is 2.83 bits per heavy atom. The van der Waals surface area contributed by atoms with Gasteiger partial charge in [0.15, 0.2) is 0 Å². The highest BCUT2D eigenvalue weighted by atomic mass is 79.9. The molecule has 1 heterocycles. The Balaban J connectivity index is 1.88. The Bertz CT molecular complexity index is 433. The summed E-state index contributed by atoms with van der Waals surface area (Å²) in [5.74, 6) is 0.611. The lowest BCUT2D eigenvalue weighted by molar-refractivity contribution is -0.117. The molecule has 98 valence electrons. The van der Waals surface area contributed by atoms with Gasteiger partial charge in [0.1, 0.15) is 5.15 Å². The van der Waals surface area contributed by atoms with Crippen molar-refractivity contribution in [2.45, 2.75) is 38.5 Å². The van der Waals surface area contributed by atoms with Crippen molar-refractivity contribution < 1.29 is 4.79 Å². The lowest BCUT2D eigenvalue weighted by Gasteiger charge is -2.20. The second-order valence-corrected chi connectivity index (χ2v) is 5.97. The molecular weight excluding hydrogens is 316 g/mol. The third-order valence-electron chi connectivity index (χ3n) is 3.28. The summed E-state index contributed by atoms with van der Waals surface area (Å²) >= 11 is 9.09. The summed E-state index contributed by atoms with van der Waals surface area (Å²) in [5.41, 5.74) is 0.687. The summed E-state index contributed by atoms with van der Waals surface area (Å²) in [6.45, 7) is 0. The summed E-state index contributed by atoms with van der Waals surface area (Å²) in [5, 5.41) is 3.27. The van der Waals surface area contributed by atoms with Gasteiger partial charge in [-0.1, -0.05) is 30.9 Å². The van der Waals surface area contributed by atoms with Crippen LogP contribution >= 0.6 is 27.5 Å². The lowest BCUT2D eigenvalue weighted by Crippen LogP contribution is -2.18. The van der Waals surface area contributed by atoms with Crippen LogP contribution in [-0.2, 0) is 4.79 Å². The van der Waals surface area contributed by atoms with Gasteiger partial charge in [0.25, 0.3) is 0 Å². The van der Waals surface area contributed by atoms with E-state index in [4.69, 9.17) is 11.6 Å². The number of carbonyl (C=O) groups excluding carboxylic acids is 1. The summed E-state index contributed by atoms with van der Waals surface area (Å²) in [7, 11) is 0. The Morgan fingerprint density at radius 1 is 1.44 bits per heavy atom. The van der Waals surface area contributed by atoms with Gasteiger partial charge in [0, 0.05) is 6.42 Å². The molecule has 1 saturated carbocycles.